The molecule has 2 aliphatic heterocycles. The molecule has 0 saturated carbocycles. The van der Waals surface area contributed by atoms with Crippen molar-refractivity contribution >= 4 is 5.91 Å². The zero-order valence-electron chi connectivity index (χ0n) is 12.3. The summed E-state index contributed by atoms with van der Waals surface area (Å²) < 4.78 is 0. The molecule has 2 atom stereocenters. The minimum absolute atomic E-state index is 0.182. The summed E-state index contributed by atoms with van der Waals surface area (Å²) in [6.07, 6.45) is 5.02. The lowest BCUT2D eigenvalue weighted by Gasteiger charge is -2.42. The van der Waals surface area contributed by atoms with E-state index in [1.807, 2.05) is 0 Å². The first-order valence-electron chi connectivity index (χ1n) is 7.74. The molecule has 0 aromatic heterocycles. The van der Waals surface area contributed by atoms with Gasteiger partial charge >= 0.3 is 0 Å². The van der Waals surface area contributed by atoms with Crippen LogP contribution in [-0.4, -0.2) is 48.2 Å². The van der Waals surface area contributed by atoms with Crippen molar-refractivity contribution in [1.82, 2.24) is 10.2 Å². The maximum absolute atomic E-state index is 13.1. The summed E-state index contributed by atoms with van der Waals surface area (Å²) >= 11 is 0. The molecule has 0 bridgehead atoms. The summed E-state index contributed by atoms with van der Waals surface area (Å²) in [5, 5.41) is 12.6. The molecule has 2 heterocycles. The van der Waals surface area contributed by atoms with Gasteiger partial charge in [-0.2, -0.15) is 0 Å². The van der Waals surface area contributed by atoms with E-state index in [9.17, 15) is 9.90 Å². The van der Waals surface area contributed by atoms with Gasteiger partial charge in [0.25, 0.3) is 0 Å². The van der Waals surface area contributed by atoms with Gasteiger partial charge in [-0.3, -0.25) is 4.79 Å². The molecule has 2 aliphatic rings. The predicted molar refractivity (Wildman–Crippen MR) is 75.8 cm³/mol. The molecule has 2 unspecified atom stereocenters. The Morgan fingerprint density at radius 3 is 2.84 bits per heavy atom. The van der Waals surface area contributed by atoms with Gasteiger partial charge in [0.05, 0.1) is 5.41 Å². The third kappa shape index (κ3) is 2.79. The van der Waals surface area contributed by atoms with E-state index in [4.69, 9.17) is 0 Å². The molecule has 4 heteroatoms. The average molecular weight is 268 g/mol. The topological polar surface area (TPSA) is 52.6 Å². The van der Waals surface area contributed by atoms with Crippen LogP contribution in [0.3, 0.4) is 0 Å². The Balaban J connectivity index is 2.15. The second-order valence-corrected chi connectivity index (χ2v) is 6.40. The van der Waals surface area contributed by atoms with E-state index >= 15 is 0 Å². The standard InChI is InChI=1S/C15H28N2O2/c1-12(2)15(7-8-16-11-15)14(19)17-9-4-3-5-13(17)6-10-18/h12-13,16,18H,3-11H2,1-2H3. The van der Waals surface area contributed by atoms with Gasteiger partial charge < -0.3 is 15.3 Å². The number of carbonyl (C=O) groups is 1. The van der Waals surface area contributed by atoms with Crippen molar-refractivity contribution in [3.8, 4) is 0 Å². The number of amides is 1. The molecule has 19 heavy (non-hydrogen) atoms. The molecule has 2 rings (SSSR count). The summed E-state index contributed by atoms with van der Waals surface area (Å²) in [5.74, 6) is 0.692. The molecule has 1 amide bonds. The van der Waals surface area contributed by atoms with Crippen molar-refractivity contribution in [2.45, 2.75) is 52.0 Å². The van der Waals surface area contributed by atoms with Crippen LogP contribution in [-0.2, 0) is 4.79 Å². The fourth-order valence-corrected chi connectivity index (χ4v) is 3.64. The number of aliphatic hydroxyl groups excluding tert-OH is 1. The molecule has 0 aromatic rings. The van der Waals surface area contributed by atoms with Crippen molar-refractivity contribution in [1.29, 1.82) is 0 Å². The molecule has 110 valence electrons. The Bertz CT molecular complexity index is 309. The normalized spacial score (nSPS) is 32.0. The van der Waals surface area contributed by atoms with Crippen LogP contribution in [0, 0.1) is 11.3 Å². The summed E-state index contributed by atoms with van der Waals surface area (Å²) in [4.78, 5) is 15.1. The van der Waals surface area contributed by atoms with E-state index in [1.165, 1.54) is 6.42 Å². The van der Waals surface area contributed by atoms with Crippen molar-refractivity contribution < 1.29 is 9.90 Å². The maximum Gasteiger partial charge on any atom is 0.230 e. The number of nitrogens with zero attached hydrogens (tertiary/aromatic N) is 1. The van der Waals surface area contributed by atoms with Gasteiger partial charge in [0.1, 0.15) is 0 Å². The van der Waals surface area contributed by atoms with Gasteiger partial charge in [0.15, 0.2) is 0 Å². The number of hydrogen-bond donors (Lipinski definition) is 2. The van der Waals surface area contributed by atoms with Crippen LogP contribution < -0.4 is 5.32 Å². The number of likely N-dealkylation sites (tertiary alicyclic amines) is 1. The highest BCUT2D eigenvalue weighted by atomic mass is 16.3. The smallest absolute Gasteiger partial charge is 0.230 e. The molecule has 2 fully saturated rings. The summed E-state index contributed by atoms with van der Waals surface area (Å²) in [5.41, 5.74) is -0.217. The summed E-state index contributed by atoms with van der Waals surface area (Å²) in [6, 6.07) is 0.252. The van der Waals surface area contributed by atoms with Crippen LogP contribution in [0.2, 0.25) is 0 Å². The fraction of sp³-hybridized carbons (Fsp3) is 0.933. The number of nitrogens with one attached hydrogen (secondary N) is 1. The first-order valence-corrected chi connectivity index (χ1v) is 7.74. The lowest BCUT2D eigenvalue weighted by Crippen LogP contribution is -2.53. The summed E-state index contributed by atoms with van der Waals surface area (Å²) in [7, 11) is 0. The van der Waals surface area contributed by atoms with Crippen molar-refractivity contribution in [3.63, 3.8) is 0 Å². The van der Waals surface area contributed by atoms with Gasteiger partial charge in [-0.25, -0.2) is 0 Å². The molecular formula is C15H28N2O2. The second-order valence-electron chi connectivity index (χ2n) is 6.40. The largest absolute Gasteiger partial charge is 0.396 e. The van der Waals surface area contributed by atoms with Crippen LogP contribution in [0.1, 0.15) is 46.0 Å². The third-order valence-corrected chi connectivity index (χ3v) is 5.07. The lowest BCUT2D eigenvalue weighted by atomic mass is 9.74. The Labute approximate surface area is 116 Å². The number of piperidine rings is 1. The molecular weight excluding hydrogens is 240 g/mol. The minimum atomic E-state index is -0.217. The van der Waals surface area contributed by atoms with E-state index < -0.39 is 0 Å². The summed E-state index contributed by atoms with van der Waals surface area (Å²) in [6.45, 7) is 7.14. The molecule has 0 spiro atoms. The van der Waals surface area contributed by atoms with E-state index in [-0.39, 0.29) is 18.1 Å². The van der Waals surface area contributed by atoms with Crippen molar-refractivity contribution in [3.05, 3.63) is 0 Å². The molecule has 4 nitrogen and oxygen atoms in total. The number of carbonyl (C=O) groups excluding carboxylic acids is 1. The Kier molecular flexibility index (Phi) is 4.85. The number of rotatable bonds is 4. The molecule has 0 aliphatic carbocycles. The maximum atomic E-state index is 13.1. The second kappa shape index (κ2) is 6.23. The van der Waals surface area contributed by atoms with Crippen LogP contribution in [0.4, 0.5) is 0 Å². The zero-order chi connectivity index (χ0) is 13.9. The molecule has 2 N–H and O–H groups in total. The van der Waals surface area contributed by atoms with Gasteiger partial charge in [-0.1, -0.05) is 13.8 Å². The minimum Gasteiger partial charge on any atom is -0.396 e. The first-order chi connectivity index (χ1) is 9.12. The number of aliphatic hydroxyl groups is 1. The van der Waals surface area contributed by atoms with Crippen LogP contribution >= 0.6 is 0 Å². The van der Waals surface area contributed by atoms with Gasteiger partial charge in [-0.15, -0.1) is 0 Å². The van der Waals surface area contributed by atoms with Crippen molar-refractivity contribution in [2.75, 3.05) is 26.2 Å². The quantitative estimate of drug-likeness (QED) is 0.810. The molecule has 2 saturated heterocycles. The van der Waals surface area contributed by atoms with Crippen LogP contribution in [0.5, 0.6) is 0 Å². The predicted octanol–water partition coefficient (Wildman–Crippen LogP) is 1.39. The first kappa shape index (κ1) is 14.8. The highest BCUT2D eigenvalue weighted by Gasteiger charge is 2.47. The van der Waals surface area contributed by atoms with E-state index in [0.717, 1.165) is 45.3 Å². The number of hydrogen-bond acceptors (Lipinski definition) is 3. The monoisotopic (exact) mass is 268 g/mol. The Morgan fingerprint density at radius 1 is 1.47 bits per heavy atom. The fourth-order valence-electron chi connectivity index (χ4n) is 3.64. The SMILES string of the molecule is CC(C)C1(C(=O)N2CCCCC2CCO)CCNC1. The highest BCUT2D eigenvalue weighted by molar-refractivity contribution is 5.84. The average Bonchev–Trinajstić information content (AvgIpc) is 2.89. The van der Waals surface area contributed by atoms with Crippen molar-refractivity contribution in [2.24, 2.45) is 11.3 Å². The molecule has 0 aromatic carbocycles. The van der Waals surface area contributed by atoms with Gasteiger partial charge in [-0.05, 0) is 44.6 Å². The van der Waals surface area contributed by atoms with Crippen LogP contribution in [0.15, 0.2) is 0 Å². The zero-order valence-corrected chi connectivity index (χ0v) is 12.3. The van der Waals surface area contributed by atoms with Gasteiger partial charge in [0.2, 0.25) is 5.91 Å². The highest BCUT2D eigenvalue weighted by Crippen LogP contribution is 2.38. The lowest BCUT2D eigenvalue weighted by molar-refractivity contribution is -0.148. The van der Waals surface area contributed by atoms with Crippen LogP contribution in [0.25, 0.3) is 0 Å². The third-order valence-electron chi connectivity index (χ3n) is 5.07. The van der Waals surface area contributed by atoms with E-state index in [1.54, 1.807) is 0 Å². The van der Waals surface area contributed by atoms with Gasteiger partial charge in [0, 0.05) is 25.7 Å². The Morgan fingerprint density at radius 2 is 2.26 bits per heavy atom. The molecule has 0 radical (unpaired) electrons. The van der Waals surface area contributed by atoms with E-state index in [0.29, 0.717) is 11.8 Å². The van der Waals surface area contributed by atoms with E-state index in [2.05, 4.69) is 24.1 Å². The Hall–Kier alpha value is -0.610.